The number of phenols is 1. The van der Waals surface area contributed by atoms with Gasteiger partial charge in [0.2, 0.25) is 5.91 Å². The first-order valence-electron chi connectivity index (χ1n) is 8.69. The van der Waals surface area contributed by atoms with Crippen LogP contribution in [0.5, 0.6) is 5.75 Å². The quantitative estimate of drug-likeness (QED) is 0.808. The van der Waals surface area contributed by atoms with Crippen LogP contribution in [0.3, 0.4) is 0 Å². The van der Waals surface area contributed by atoms with Gasteiger partial charge in [-0.15, -0.1) is 0 Å². The molecule has 0 atom stereocenters. The first-order valence-corrected chi connectivity index (χ1v) is 8.69. The molecule has 1 amide bonds. The van der Waals surface area contributed by atoms with Crippen molar-refractivity contribution in [3.8, 4) is 5.75 Å². The van der Waals surface area contributed by atoms with E-state index in [4.69, 9.17) is 0 Å². The van der Waals surface area contributed by atoms with Crippen LogP contribution >= 0.6 is 0 Å². The topological polar surface area (TPSA) is 72.9 Å². The van der Waals surface area contributed by atoms with Crippen LogP contribution in [0.2, 0.25) is 0 Å². The summed E-state index contributed by atoms with van der Waals surface area (Å²) in [7, 11) is 0. The Morgan fingerprint density at radius 2 is 1.77 bits per heavy atom. The first kappa shape index (κ1) is 17.9. The van der Waals surface area contributed by atoms with Crippen LogP contribution in [-0.2, 0) is 4.79 Å². The van der Waals surface area contributed by atoms with Crippen molar-refractivity contribution < 1.29 is 14.7 Å². The smallest absolute Gasteiger partial charge is 0.238 e. The molecule has 2 aromatic carbocycles. The van der Waals surface area contributed by atoms with E-state index in [0.29, 0.717) is 17.8 Å². The first-order chi connectivity index (χ1) is 12.5. The van der Waals surface area contributed by atoms with E-state index in [-0.39, 0.29) is 17.4 Å². The lowest BCUT2D eigenvalue weighted by Gasteiger charge is -2.35. The maximum absolute atomic E-state index is 12.3. The van der Waals surface area contributed by atoms with E-state index in [0.717, 1.165) is 31.9 Å². The Kier molecular flexibility index (Phi) is 5.53. The maximum Gasteiger partial charge on any atom is 0.238 e. The summed E-state index contributed by atoms with van der Waals surface area (Å²) in [4.78, 5) is 27.9. The van der Waals surface area contributed by atoms with Gasteiger partial charge in [0.1, 0.15) is 5.75 Å². The number of aromatic hydroxyl groups is 1. The lowest BCUT2D eigenvalue weighted by molar-refractivity contribution is -0.117. The van der Waals surface area contributed by atoms with Crippen LogP contribution in [0.4, 0.5) is 11.4 Å². The van der Waals surface area contributed by atoms with Crippen LogP contribution in [0.1, 0.15) is 17.3 Å². The molecule has 1 aliphatic rings. The number of hydrogen-bond donors (Lipinski definition) is 2. The molecular formula is C20H23N3O3. The number of nitrogens with one attached hydrogen (secondary N) is 1. The number of carbonyl (C=O) groups excluding carboxylic acids is 2. The number of benzene rings is 2. The molecule has 0 bridgehead atoms. The molecule has 0 aromatic heterocycles. The molecular weight excluding hydrogens is 330 g/mol. The lowest BCUT2D eigenvalue weighted by Crippen LogP contribution is -2.48. The average Bonchev–Trinajstić information content (AvgIpc) is 2.63. The van der Waals surface area contributed by atoms with Crippen LogP contribution in [-0.4, -0.2) is 54.4 Å². The van der Waals surface area contributed by atoms with Crippen molar-refractivity contribution in [3.05, 3.63) is 54.1 Å². The molecule has 1 aliphatic heterocycles. The zero-order valence-corrected chi connectivity index (χ0v) is 14.8. The van der Waals surface area contributed by atoms with Gasteiger partial charge in [-0.3, -0.25) is 14.5 Å². The Morgan fingerprint density at radius 3 is 2.46 bits per heavy atom. The number of piperazine rings is 1. The van der Waals surface area contributed by atoms with E-state index < -0.39 is 0 Å². The van der Waals surface area contributed by atoms with Crippen LogP contribution < -0.4 is 10.2 Å². The van der Waals surface area contributed by atoms with Gasteiger partial charge in [-0.2, -0.15) is 0 Å². The molecule has 0 unspecified atom stereocenters. The summed E-state index contributed by atoms with van der Waals surface area (Å²) < 4.78 is 0. The molecule has 1 fully saturated rings. The highest BCUT2D eigenvalue weighted by Crippen LogP contribution is 2.27. The van der Waals surface area contributed by atoms with Gasteiger partial charge in [-0.1, -0.05) is 24.3 Å². The summed E-state index contributed by atoms with van der Waals surface area (Å²) in [5.74, 6) is 0.159. The highest BCUT2D eigenvalue weighted by molar-refractivity contribution is 5.97. The van der Waals surface area contributed by atoms with Crippen molar-refractivity contribution in [2.45, 2.75) is 6.92 Å². The third-order valence-corrected chi connectivity index (χ3v) is 4.51. The van der Waals surface area contributed by atoms with Crippen LogP contribution in [0, 0.1) is 0 Å². The lowest BCUT2D eigenvalue weighted by atomic mass is 10.1. The summed E-state index contributed by atoms with van der Waals surface area (Å²) in [5.41, 5.74) is 2.05. The molecule has 0 aliphatic carbocycles. The molecule has 2 N–H and O–H groups in total. The zero-order chi connectivity index (χ0) is 18.5. The van der Waals surface area contributed by atoms with Gasteiger partial charge in [-0.25, -0.2) is 0 Å². The van der Waals surface area contributed by atoms with E-state index in [2.05, 4.69) is 15.1 Å². The van der Waals surface area contributed by atoms with E-state index in [1.54, 1.807) is 36.4 Å². The monoisotopic (exact) mass is 353 g/mol. The second-order valence-electron chi connectivity index (χ2n) is 6.44. The number of amides is 1. The summed E-state index contributed by atoms with van der Waals surface area (Å²) >= 11 is 0. The average molecular weight is 353 g/mol. The van der Waals surface area contributed by atoms with Gasteiger partial charge in [0, 0.05) is 37.4 Å². The standard InChI is InChI=1S/C20H23N3O3/c1-15(24)16-5-4-6-17(13-16)21-20(26)14-22-9-11-23(12-10-22)18-7-2-3-8-19(18)25/h2-8,13,25H,9-12,14H2,1H3,(H,21,26). The highest BCUT2D eigenvalue weighted by atomic mass is 16.3. The molecule has 26 heavy (non-hydrogen) atoms. The van der Waals surface area contributed by atoms with Gasteiger partial charge >= 0.3 is 0 Å². The number of hydrogen-bond acceptors (Lipinski definition) is 5. The number of anilines is 2. The van der Waals surface area contributed by atoms with Crippen LogP contribution in [0.15, 0.2) is 48.5 Å². The van der Waals surface area contributed by atoms with Crippen molar-refractivity contribution in [1.29, 1.82) is 0 Å². The molecule has 6 heteroatoms. The summed E-state index contributed by atoms with van der Waals surface area (Å²) in [5, 5.41) is 12.8. The Hall–Kier alpha value is -2.86. The molecule has 1 saturated heterocycles. The number of ketones is 1. The normalized spacial score (nSPS) is 14.9. The van der Waals surface area contributed by atoms with Crippen molar-refractivity contribution in [2.24, 2.45) is 0 Å². The minimum absolute atomic E-state index is 0.0265. The second-order valence-corrected chi connectivity index (χ2v) is 6.44. The summed E-state index contributed by atoms with van der Waals surface area (Å²) in [6, 6.07) is 14.3. The summed E-state index contributed by atoms with van der Waals surface area (Å²) in [6.07, 6.45) is 0. The Balaban J connectivity index is 1.51. The third kappa shape index (κ3) is 4.40. The molecule has 6 nitrogen and oxygen atoms in total. The van der Waals surface area contributed by atoms with Gasteiger partial charge in [0.15, 0.2) is 5.78 Å². The number of nitrogens with zero attached hydrogens (tertiary/aromatic N) is 2. The van der Waals surface area contributed by atoms with Gasteiger partial charge in [-0.05, 0) is 31.2 Å². The minimum Gasteiger partial charge on any atom is -0.506 e. The van der Waals surface area contributed by atoms with E-state index >= 15 is 0 Å². The number of phenolic OH excluding ortho intramolecular Hbond substituents is 1. The fraction of sp³-hybridized carbons (Fsp3) is 0.300. The summed E-state index contributed by atoms with van der Waals surface area (Å²) in [6.45, 7) is 4.81. The van der Waals surface area contributed by atoms with Gasteiger partial charge in [0.05, 0.1) is 12.2 Å². The largest absolute Gasteiger partial charge is 0.506 e. The van der Waals surface area contributed by atoms with E-state index in [1.165, 1.54) is 6.92 Å². The van der Waals surface area contributed by atoms with E-state index in [1.807, 2.05) is 12.1 Å². The van der Waals surface area contributed by atoms with Crippen molar-refractivity contribution in [3.63, 3.8) is 0 Å². The second kappa shape index (κ2) is 8.01. The number of carbonyl (C=O) groups is 2. The van der Waals surface area contributed by atoms with Gasteiger partial charge in [0.25, 0.3) is 0 Å². The van der Waals surface area contributed by atoms with Crippen molar-refractivity contribution in [2.75, 3.05) is 42.9 Å². The predicted molar refractivity (Wildman–Crippen MR) is 102 cm³/mol. The molecule has 2 aromatic rings. The molecule has 0 spiro atoms. The van der Waals surface area contributed by atoms with E-state index in [9.17, 15) is 14.7 Å². The van der Waals surface area contributed by atoms with Crippen LogP contribution in [0.25, 0.3) is 0 Å². The minimum atomic E-state index is -0.0956. The maximum atomic E-state index is 12.3. The Bertz CT molecular complexity index is 798. The molecule has 3 rings (SSSR count). The number of para-hydroxylation sites is 2. The predicted octanol–water partition coefficient (Wildman–Crippen LogP) is 2.36. The number of rotatable bonds is 5. The molecule has 136 valence electrons. The Morgan fingerprint density at radius 1 is 1.04 bits per heavy atom. The molecule has 1 heterocycles. The fourth-order valence-corrected chi connectivity index (χ4v) is 3.10. The van der Waals surface area contributed by atoms with Gasteiger partial charge < -0.3 is 15.3 Å². The Labute approximate surface area is 153 Å². The third-order valence-electron chi connectivity index (χ3n) is 4.51. The van der Waals surface area contributed by atoms with Crippen molar-refractivity contribution in [1.82, 2.24) is 4.90 Å². The number of Topliss-reactive ketones (excluding diaryl/α,β-unsaturated/α-hetero) is 1. The molecule has 0 radical (unpaired) electrons. The van der Waals surface area contributed by atoms with Crippen molar-refractivity contribution >= 4 is 23.1 Å². The zero-order valence-electron chi connectivity index (χ0n) is 14.8. The molecule has 0 saturated carbocycles. The SMILES string of the molecule is CC(=O)c1cccc(NC(=O)CN2CCN(c3ccccc3O)CC2)c1. The highest BCUT2D eigenvalue weighted by Gasteiger charge is 2.20. The fourth-order valence-electron chi connectivity index (χ4n) is 3.10.